The highest BCUT2D eigenvalue weighted by atomic mass is 35.5. The molecule has 2 heterocycles. The van der Waals surface area contributed by atoms with Gasteiger partial charge in [0.25, 0.3) is 0 Å². The van der Waals surface area contributed by atoms with Crippen molar-refractivity contribution < 1.29 is 14.6 Å². The van der Waals surface area contributed by atoms with E-state index < -0.39 is 5.97 Å². The van der Waals surface area contributed by atoms with Crippen LogP contribution < -0.4 is 4.74 Å². The number of aromatic carboxylic acids is 1. The van der Waals surface area contributed by atoms with Gasteiger partial charge in [-0.15, -0.1) is 0 Å². The number of ether oxygens (including phenoxy) is 1. The molecule has 0 atom stereocenters. The van der Waals surface area contributed by atoms with E-state index in [0.29, 0.717) is 6.61 Å². The number of halogens is 1. The Bertz CT molecular complexity index is 433. The van der Waals surface area contributed by atoms with Gasteiger partial charge in [-0.25, -0.2) is 9.78 Å². The number of carbonyl (C=O) groups is 1. The maximum Gasteiger partial charge on any atom is 0.337 e. The maximum atomic E-state index is 10.9. The van der Waals surface area contributed by atoms with E-state index in [2.05, 4.69) is 9.88 Å². The molecule has 0 saturated carbocycles. The first-order valence-electron chi connectivity index (χ1n) is 5.91. The lowest BCUT2D eigenvalue weighted by Crippen LogP contribution is -2.25. The third-order valence-electron chi connectivity index (χ3n) is 2.93. The second-order valence-electron chi connectivity index (χ2n) is 4.18. The zero-order valence-electron chi connectivity index (χ0n) is 9.93. The van der Waals surface area contributed by atoms with Crippen molar-refractivity contribution >= 4 is 17.6 Å². The van der Waals surface area contributed by atoms with Gasteiger partial charge in [0.15, 0.2) is 0 Å². The lowest BCUT2D eigenvalue weighted by Gasteiger charge is -2.15. The molecule has 0 unspecified atom stereocenters. The summed E-state index contributed by atoms with van der Waals surface area (Å²) in [5, 5.41) is 8.97. The predicted octanol–water partition coefficient (Wildman–Crippen LogP) is 1.91. The van der Waals surface area contributed by atoms with E-state index in [0.717, 1.165) is 19.6 Å². The van der Waals surface area contributed by atoms with Gasteiger partial charge in [-0.1, -0.05) is 11.6 Å². The van der Waals surface area contributed by atoms with Crippen LogP contribution in [0.1, 0.15) is 23.2 Å². The summed E-state index contributed by atoms with van der Waals surface area (Å²) in [5.41, 5.74) is 0.0165. The van der Waals surface area contributed by atoms with Crippen LogP contribution in [0.15, 0.2) is 12.3 Å². The number of nitrogens with zero attached hydrogens (tertiary/aromatic N) is 2. The van der Waals surface area contributed by atoms with Gasteiger partial charge in [-0.2, -0.15) is 0 Å². The van der Waals surface area contributed by atoms with Gasteiger partial charge in [-0.05, 0) is 32.0 Å². The third-order valence-corrected chi connectivity index (χ3v) is 3.30. The Labute approximate surface area is 110 Å². The molecule has 0 spiro atoms. The highest BCUT2D eigenvalue weighted by Gasteiger charge is 2.15. The van der Waals surface area contributed by atoms with Crippen molar-refractivity contribution in [1.82, 2.24) is 9.88 Å². The molecule has 0 amide bonds. The average Bonchev–Trinajstić information content (AvgIpc) is 2.84. The maximum absolute atomic E-state index is 10.9. The third kappa shape index (κ3) is 3.11. The number of hydrogen-bond donors (Lipinski definition) is 1. The summed E-state index contributed by atoms with van der Waals surface area (Å²) in [6, 6.07) is 1.36. The summed E-state index contributed by atoms with van der Waals surface area (Å²) in [7, 11) is 0. The van der Waals surface area contributed by atoms with E-state index in [4.69, 9.17) is 21.4 Å². The Morgan fingerprint density at radius 2 is 2.22 bits per heavy atom. The van der Waals surface area contributed by atoms with Crippen molar-refractivity contribution in [3.63, 3.8) is 0 Å². The fraction of sp³-hybridized carbons (Fsp3) is 0.500. The zero-order chi connectivity index (χ0) is 13.0. The SMILES string of the molecule is O=C(O)c1ccnc(OCCN2CCCC2)c1Cl. The van der Waals surface area contributed by atoms with Gasteiger partial charge in [0.05, 0.1) is 5.56 Å². The van der Waals surface area contributed by atoms with Crippen LogP contribution in [0.25, 0.3) is 0 Å². The Hall–Kier alpha value is -1.33. The molecule has 1 aromatic rings. The summed E-state index contributed by atoms with van der Waals surface area (Å²) in [4.78, 5) is 17.1. The molecule has 1 fully saturated rings. The highest BCUT2D eigenvalue weighted by molar-refractivity contribution is 6.34. The van der Waals surface area contributed by atoms with E-state index in [1.165, 1.54) is 25.1 Å². The molecule has 18 heavy (non-hydrogen) atoms. The predicted molar refractivity (Wildman–Crippen MR) is 67.4 cm³/mol. The van der Waals surface area contributed by atoms with E-state index in [1.807, 2.05) is 0 Å². The molecule has 1 N–H and O–H groups in total. The standard InChI is InChI=1S/C12H15ClN2O3/c13-10-9(12(16)17)3-4-14-11(10)18-8-7-15-5-1-2-6-15/h3-4H,1-2,5-8H2,(H,16,17). The van der Waals surface area contributed by atoms with Crippen molar-refractivity contribution in [2.45, 2.75) is 12.8 Å². The lowest BCUT2D eigenvalue weighted by atomic mass is 10.3. The molecule has 2 rings (SSSR count). The van der Waals surface area contributed by atoms with Crippen molar-refractivity contribution in [1.29, 1.82) is 0 Å². The molecular weight excluding hydrogens is 256 g/mol. The molecule has 0 aliphatic carbocycles. The fourth-order valence-corrected chi connectivity index (χ4v) is 2.22. The first kappa shape index (κ1) is 13.1. The molecule has 98 valence electrons. The van der Waals surface area contributed by atoms with Crippen molar-refractivity contribution in [3.05, 3.63) is 22.8 Å². The summed E-state index contributed by atoms with van der Waals surface area (Å²) in [6.45, 7) is 3.48. The van der Waals surface area contributed by atoms with Gasteiger partial charge < -0.3 is 9.84 Å². The Morgan fingerprint density at radius 1 is 1.50 bits per heavy atom. The molecule has 5 nitrogen and oxygen atoms in total. The Morgan fingerprint density at radius 3 is 2.89 bits per heavy atom. The van der Waals surface area contributed by atoms with Crippen LogP contribution in [0, 0.1) is 0 Å². The van der Waals surface area contributed by atoms with Crippen LogP contribution in [0.3, 0.4) is 0 Å². The van der Waals surface area contributed by atoms with Crippen LogP contribution in [0.4, 0.5) is 0 Å². The minimum atomic E-state index is -1.08. The summed E-state index contributed by atoms with van der Waals surface area (Å²) >= 11 is 5.92. The number of aromatic nitrogens is 1. The van der Waals surface area contributed by atoms with Crippen LogP contribution in [0.2, 0.25) is 5.02 Å². The van der Waals surface area contributed by atoms with Crippen LogP contribution in [-0.2, 0) is 0 Å². The van der Waals surface area contributed by atoms with Crippen LogP contribution >= 0.6 is 11.6 Å². The van der Waals surface area contributed by atoms with E-state index >= 15 is 0 Å². The molecular formula is C12H15ClN2O3. The van der Waals surface area contributed by atoms with Crippen molar-refractivity contribution in [3.8, 4) is 5.88 Å². The summed E-state index contributed by atoms with van der Waals surface area (Å²) in [5.74, 6) is -0.887. The molecule has 1 aliphatic heterocycles. The molecule has 1 aromatic heterocycles. The Kier molecular flexibility index (Phi) is 4.38. The van der Waals surface area contributed by atoms with Gasteiger partial charge in [0.2, 0.25) is 5.88 Å². The minimum absolute atomic E-state index is 0.0165. The van der Waals surface area contributed by atoms with Gasteiger partial charge in [0, 0.05) is 12.7 Å². The van der Waals surface area contributed by atoms with Gasteiger partial charge in [-0.3, -0.25) is 4.90 Å². The number of pyridine rings is 1. The average molecular weight is 271 g/mol. The number of carboxylic acid groups (broad SMARTS) is 1. The van der Waals surface area contributed by atoms with Crippen molar-refractivity contribution in [2.75, 3.05) is 26.2 Å². The minimum Gasteiger partial charge on any atom is -0.478 e. The normalized spacial score (nSPS) is 15.8. The monoisotopic (exact) mass is 270 g/mol. The highest BCUT2D eigenvalue weighted by Crippen LogP contribution is 2.25. The molecule has 6 heteroatoms. The smallest absolute Gasteiger partial charge is 0.337 e. The van der Waals surface area contributed by atoms with Crippen LogP contribution in [-0.4, -0.2) is 47.2 Å². The van der Waals surface area contributed by atoms with Crippen molar-refractivity contribution in [2.24, 2.45) is 0 Å². The summed E-state index contributed by atoms with van der Waals surface area (Å²) in [6.07, 6.45) is 3.85. The van der Waals surface area contributed by atoms with Gasteiger partial charge in [0.1, 0.15) is 11.6 Å². The molecule has 0 radical (unpaired) electrons. The molecule has 1 saturated heterocycles. The number of carboxylic acids is 1. The van der Waals surface area contributed by atoms with E-state index in [-0.39, 0.29) is 16.5 Å². The lowest BCUT2D eigenvalue weighted by molar-refractivity contribution is 0.0696. The zero-order valence-corrected chi connectivity index (χ0v) is 10.7. The van der Waals surface area contributed by atoms with Gasteiger partial charge >= 0.3 is 5.97 Å². The second kappa shape index (κ2) is 6.02. The summed E-state index contributed by atoms with van der Waals surface area (Å²) < 4.78 is 5.44. The second-order valence-corrected chi connectivity index (χ2v) is 4.56. The topological polar surface area (TPSA) is 62.7 Å². The quantitative estimate of drug-likeness (QED) is 0.885. The molecule has 0 bridgehead atoms. The number of hydrogen-bond acceptors (Lipinski definition) is 4. The number of likely N-dealkylation sites (tertiary alicyclic amines) is 1. The molecule has 0 aromatic carbocycles. The first-order chi connectivity index (χ1) is 8.68. The molecule has 1 aliphatic rings. The fourth-order valence-electron chi connectivity index (χ4n) is 1.97. The van der Waals surface area contributed by atoms with E-state index in [9.17, 15) is 4.79 Å². The first-order valence-corrected chi connectivity index (χ1v) is 6.29. The largest absolute Gasteiger partial charge is 0.478 e. The van der Waals surface area contributed by atoms with Crippen LogP contribution in [0.5, 0.6) is 5.88 Å². The Balaban J connectivity index is 1.92. The number of rotatable bonds is 5. The van der Waals surface area contributed by atoms with E-state index in [1.54, 1.807) is 0 Å².